The van der Waals surface area contributed by atoms with Crippen LogP contribution in [0.3, 0.4) is 0 Å². The van der Waals surface area contributed by atoms with E-state index in [0.29, 0.717) is 0 Å². The van der Waals surface area contributed by atoms with Crippen LogP contribution in [0.2, 0.25) is 0 Å². The van der Waals surface area contributed by atoms with Crippen molar-refractivity contribution in [3.63, 3.8) is 0 Å². The molecule has 0 atom stereocenters. The van der Waals surface area contributed by atoms with Crippen LogP contribution in [-0.2, 0) is 39.0 Å². The van der Waals surface area contributed by atoms with Crippen molar-refractivity contribution in [2.24, 2.45) is 0 Å². The minimum atomic E-state index is 0. The molecule has 0 fully saturated rings. The first-order valence-electron chi connectivity index (χ1n) is 0. The van der Waals surface area contributed by atoms with E-state index in [1.54, 1.807) is 0 Å². The molecule has 2 radical (unpaired) electrons. The molecule has 0 aromatic rings. The summed E-state index contributed by atoms with van der Waals surface area (Å²) >= 11 is 0. The minimum absolute atomic E-state index is 0. The smallest absolute Gasteiger partial charge is 0 e. The Bertz CT molecular complexity index is 7.52. The SMILES string of the molecule is [CH3-].[CH3-].[CH3-].[CH3-].[CH3-].[CH3-].[CH3-].[CH3-].[CH3-].[Rh].[Rh]. The first-order chi connectivity index (χ1) is 0. The van der Waals surface area contributed by atoms with E-state index in [2.05, 4.69) is 0 Å². The summed E-state index contributed by atoms with van der Waals surface area (Å²) in [5, 5.41) is 0. The van der Waals surface area contributed by atoms with E-state index in [0.717, 1.165) is 0 Å². The molecule has 0 aliphatic rings. The maximum atomic E-state index is 0. The zero-order chi connectivity index (χ0) is 0. The largest absolute Gasteiger partial charge is 0.358 e. The predicted molar refractivity (Wildman–Crippen MR) is 57.7 cm³/mol. The van der Waals surface area contributed by atoms with Gasteiger partial charge in [-0.05, 0) is 0 Å². The van der Waals surface area contributed by atoms with E-state index >= 15 is 0 Å². The van der Waals surface area contributed by atoms with Gasteiger partial charge in [0, 0.05) is 39.0 Å². The van der Waals surface area contributed by atoms with Crippen molar-refractivity contribution < 1.29 is 39.0 Å². The number of hydrogen-bond donors (Lipinski definition) is 0. The molecule has 0 N–H and O–H groups in total. The normalized spacial score (nSPS) is 0. The molecule has 0 unspecified atom stereocenters. The summed E-state index contributed by atoms with van der Waals surface area (Å²) in [5.41, 5.74) is 0. The van der Waals surface area contributed by atoms with Crippen molar-refractivity contribution >= 4 is 0 Å². The second-order valence-electron chi connectivity index (χ2n) is 0. The molecule has 0 amide bonds. The summed E-state index contributed by atoms with van der Waals surface area (Å²) in [5.74, 6) is 0. The van der Waals surface area contributed by atoms with Crippen molar-refractivity contribution in [1.82, 2.24) is 0 Å². The van der Waals surface area contributed by atoms with E-state index < -0.39 is 0 Å². The fraction of sp³-hybridized carbons (Fsp3) is 0. The van der Waals surface area contributed by atoms with Gasteiger partial charge in [0.05, 0.1) is 0 Å². The van der Waals surface area contributed by atoms with E-state index in [1.165, 1.54) is 0 Å². The van der Waals surface area contributed by atoms with Gasteiger partial charge >= 0.3 is 0 Å². The van der Waals surface area contributed by atoms with Gasteiger partial charge in [-0.15, -0.1) is 0 Å². The van der Waals surface area contributed by atoms with Crippen molar-refractivity contribution in [1.29, 1.82) is 0 Å². The molecule has 0 spiro atoms. The van der Waals surface area contributed by atoms with Crippen molar-refractivity contribution in [3.8, 4) is 0 Å². The molecule has 90 valence electrons. The van der Waals surface area contributed by atoms with E-state index in [4.69, 9.17) is 0 Å². The van der Waals surface area contributed by atoms with Crippen LogP contribution in [0.25, 0.3) is 0 Å². The molecular formula is C9H27Rh2-9. The Kier molecular flexibility index (Phi) is 68800. The molecular weight excluding hydrogens is 314 g/mol. The second kappa shape index (κ2) is 760. The van der Waals surface area contributed by atoms with E-state index in [-0.39, 0.29) is 106 Å². The summed E-state index contributed by atoms with van der Waals surface area (Å²) in [4.78, 5) is 0. The monoisotopic (exact) mass is 341 g/mol. The van der Waals surface area contributed by atoms with Gasteiger partial charge in [0.2, 0.25) is 0 Å². The second-order valence-corrected chi connectivity index (χ2v) is 0. The quantitative estimate of drug-likeness (QED) is 0.461. The van der Waals surface area contributed by atoms with E-state index in [1.807, 2.05) is 0 Å². The molecule has 0 aliphatic heterocycles. The van der Waals surface area contributed by atoms with Crippen LogP contribution in [-0.4, -0.2) is 0 Å². The average molecular weight is 341 g/mol. The van der Waals surface area contributed by atoms with Crippen LogP contribution in [0.5, 0.6) is 0 Å². The molecule has 0 saturated heterocycles. The fourth-order valence-electron chi connectivity index (χ4n) is 0. The zero-order valence-corrected chi connectivity index (χ0v) is 12.9. The Morgan fingerprint density at radius 2 is 0.182 bits per heavy atom. The van der Waals surface area contributed by atoms with Gasteiger partial charge < -0.3 is 66.8 Å². The molecule has 0 aromatic carbocycles. The topological polar surface area (TPSA) is 0 Å². The van der Waals surface area contributed by atoms with Gasteiger partial charge in [-0.1, -0.05) is 0 Å². The summed E-state index contributed by atoms with van der Waals surface area (Å²) in [6, 6.07) is 0. The van der Waals surface area contributed by atoms with Crippen molar-refractivity contribution in [3.05, 3.63) is 66.8 Å². The molecule has 0 bridgehead atoms. The van der Waals surface area contributed by atoms with Crippen LogP contribution in [0.1, 0.15) is 0 Å². The van der Waals surface area contributed by atoms with Gasteiger partial charge in [0.15, 0.2) is 0 Å². The summed E-state index contributed by atoms with van der Waals surface area (Å²) in [6.45, 7) is 0. The van der Waals surface area contributed by atoms with Crippen LogP contribution in [0, 0.1) is 66.8 Å². The Balaban J connectivity index is 0. The Hall–Kier alpha value is 1.25. The van der Waals surface area contributed by atoms with Crippen molar-refractivity contribution in [2.45, 2.75) is 0 Å². The minimum Gasteiger partial charge on any atom is -0.358 e. The summed E-state index contributed by atoms with van der Waals surface area (Å²) in [7, 11) is 0. The number of rotatable bonds is 0. The summed E-state index contributed by atoms with van der Waals surface area (Å²) < 4.78 is 0. The van der Waals surface area contributed by atoms with Gasteiger partial charge in [0.1, 0.15) is 0 Å². The predicted octanol–water partition coefficient (Wildman–Crippen LogP) is 4.05. The molecule has 0 saturated carbocycles. The Labute approximate surface area is 105 Å². The van der Waals surface area contributed by atoms with Gasteiger partial charge in [0.25, 0.3) is 0 Å². The van der Waals surface area contributed by atoms with Crippen molar-refractivity contribution in [2.75, 3.05) is 0 Å². The maximum Gasteiger partial charge on any atom is 0 e. The number of hydrogen-bond acceptors (Lipinski definition) is 0. The van der Waals surface area contributed by atoms with Gasteiger partial charge in [-0.2, -0.15) is 0 Å². The maximum absolute atomic E-state index is 0. The third kappa shape index (κ3) is 619. The Morgan fingerprint density at radius 3 is 0.182 bits per heavy atom. The standard InChI is InChI=1S/9CH3.2Rh/h9*1H3;;/q9*-1;;. The first-order valence-corrected chi connectivity index (χ1v) is 0. The van der Waals surface area contributed by atoms with Crippen LogP contribution in [0.15, 0.2) is 0 Å². The molecule has 2 heteroatoms. The van der Waals surface area contributed by atoms with E-state index in [9.17, 15) is 0 Å². The van der Waals surface area contributed by atoms with Crippen LogP contribution < -0.4 is 0 Å². The first kappa shape index (κ1) is 997. The Morgan fingerprint density at radius 1 is 0.182 bits per heavy atom. The third-order valence-corrected chi connectivity index (χ3v) is 0. The fourth-order valence-corrected chi connectivity index (χ4v) is 0. The molecule has 0 heterocycles. The molecule has 0 aromatic heterocycles. The average Bonchev–Trinajstić information content (AvgIpc) is 0. The van der Waals surface area contributed by atoms with Crippen LogP contribution in [0.4, 0.5) is 0 Å². The summed E-state index contributed by atoms with van der Waals surface area (Å²) in [6.07, 6.45) is 0. The molecule has 11 heavy (non-hydrogen) atoms. The third-order valence-electron chi connectivity index (χ3n) is 0. The van der Waals surface area contributed by atoms with Gasteiger partial charge in [-0.3, -0.25) is 0 Å². The van der Waals surface area contributed by atoms with Gasteiger partial charge in [-0.25, -0.2) is 0 Å². The molecule has 0 rings (SSSR count). The molecule has 0 nitrogen and oxygen atoms in total. The molecule has 0 aliphatic carbocycles. The zero-order valence-electron chi connectivity index (χ0n) is 9.67. The van der Waals surface area contributed by atoms with Crippen LogP contribution >= 0.6 is 0 Å².